The molecule has 4 atom stereocenters. The summed E-state index contributed by atoms with van der Waals surface area (Å²) in [4.78, 5) is 76.4. The third kappa shape index (κ3) is 8.87. The number of likely N-dealkylation sites (tertiary alicyclic amines) is 1. The van der Waals surface area contributed by atoms with Gasteiger partial charge in [0.15, 0.2) is 0 Å². The number of carbonyl (C=O) groups excluding carboxylic acids is 4. The highest BCUT2D eigenvalue weighted by molar-refractivity contribution is 5.97. The Morgan fingerprint density at radius 3 is 2.19 bits per heavy atom. The monoisotopic (exact) mass is 602 g/mol. The van der Waals surface area contributed by atoms with Crippen LogP contribution in [-0.2, 0) is 19.1 Å². The molecule has 13 nitrogen and oxygen atoms in total. The van der Waals surface area contributed by atoms with Gasteiger partial charge in [-0.05, 0) is 44.9 Å². The maximum absolute atomic E-state index is 14.0. The quantitative estimate of drug-likeness (QED) is 0.404. The number of nitrogens with zero attached hydrogens (tertiary/aromatic N) is 4. The molecule has 1 aliphatic heterocycles. The van der Waals surface area contributed by atoms with Gasteiger partial charge in [0.2, 0.25) is 11.8 Å². The molecule has 3 N–H and O–H groups in total. The summed E-state index contributed by atoms with van der Waals surface area (Å²) in [5, 5.41) is 15.7. The summed E-state index contributed by atoms with van der Waals surface area (Å²) in [5.74, 6) is -3.84. The van der Waals surface area contributed by atoms with Gasteiger partial charge in [0, 0.05) is 32.5 Å². The maximum Gasteiger partial charge on any atom is 0.410 e. The molecule has 0 bridgehead atoms. The molecule has 2 unspecified atom stereocenters. The van der Waals surface area contributed by atoms with E-state index in [-0.39, 0.29) is 24.7 Å². The molecule has 2 aliphatic rings. The van der Waals surface area contributed by atoms with Crippen molar-refractivity contribution in [2.45, 2.75) is 97.4 Å². The Bertz CT molecular complexity index is 1170. The summed E-state index contributed by atoms with van der Waals surface area (Å²) in [6.07, 6.45) is 7.89. The summed E-state index contributed by atoms with van der Waals surface area (Å²) in [7, 11) is 1.49. The molecule has 4 amide bonds. The van der Waals surface area contributed by atoms with Crippen LogP contribution in [0, 0.1) is 17.3 Å². The molecular weight excluding hydrogens is 556 g/mol. The lowest BCUT2D eigenvalue weighted by atomic mass is 9.82. The van der Waals surface area contributed by atoms with Crippen molar-refractivity contribution in [2.24, 2.45) is 17.3 Å². The van der Waals surface area contributed by atoms with Gasteiger partial charge in [-0.1, -0.05) is 40.0 Å². The van der Waals surface area contributed by atoms with Crippen molar-refractivity contribution in [1.29, 1.82) is 0 Å². The van der Waals surface area contributed by atoms with Crippen LogP contribution in [0.2, 0.25) is 0 Å². The molecule has 0 spiro atoms. The molecule has 238 valence electrons. The third-order valence-electron chi connectivity index (χ3n) is 7.99. The molecule has 1 aromatic heterocycles. The summed E-state index contributed by atoms with van der Waals surface area (Å²) in [6.45, 7) is 10.4. The van der Waals surface area contributed by atoms with Crippen LogP contribution in [-0.4, -0.2) is 98.5 Å². The first kappa shape index (κ1) is 33.7. The zero-order valence-corrected chi connectivity index (χ0v) is 26.3. The Labute approximate surface area is 253 Å². The Morgan fingerprint density at radius 1 is 1.00 bits per heavy atom. The highest BCUT2D eigenvalue weighted by Crippen LogP contribution is 2.30. The number of ether oxygens (including phenoxy) is 1. The number of amides is 4. The van der Waals surface area contributed by atoms with Crippen LogP contribution in [0.4, 0.5) is 4.79 Å². The zero-order valence-electron chi connectivity index (χ0n) is 26.3. The van der Waals surface area contributed by atoms with Crippen molar-refractivity contribution in [2.75, 3.05) is 20.1 Å². The fourth-order valence-corrected chi connectivity index (χ4v) is 5.64. The molecule has 3 rings (SSSR count). The van der Waals surface area contributed by atoms with Gasteiger partial charge in [-0.3, -0.25) is 24.2 Å². The number of carboxylic acids is 1. The molecule has 2 fully saturated rings. The van der Waals surface area contributed by atoms with Crippen molar-refractivity contribution < 1.29 is 33.8 Å². The molecule has 1 aromatic rings. The Balaban J connectivity index is 1.83. The zero-order chi connectivity index (χ0) is 32.1. The molecule has 13 heteroatoms. The van der Waals surface area contributed by atoms with Gasteiger partial charge in [0.05, 0.1) is 18.2 Å². The number of aromatic nitrogens is 2. The van der Waals surface area contributed by atoms with Crippen LogP contribution in [0.5, 0.6) is 0 Å². The van der Waals surface area contributed by atoms with E-state index in [4.69, 9.17) is 4.74 Å². The largest absolute Gasteiger partial charge is 0.481 e. The number of nitrogens with one attached hydrogen (secondary N) is 2. The van der Waals surface area contributed by atoms with Crippen LogP contribution in [0.25, 0.3) is 0 Å². The first-order valence-electron chi connectivity index (χ1n) is 14.8. The average molecular weight is 603 g/mol. The van der Waals surface area contributed by atoms with Crippen molar-refractivity contribution in [1.82, 2.24) is 30.4 Å². The van der Waals surface area contributed by atoms with E-state index in [1.807, 2.05) is 0 Å². The number of carbonyl (C=O) groups is 5. The first-order valence-corrected chi connectivity index (χ1v) is 14.8. The minimum absolute atomic E-state index is 0.0300. The van der Waals surface area contributed by atoms with Gasteiger partial charge in [0.25, 0.3) is 5.91 Å². The second-order valence-electron chi connectivity index (χ2n) is 13.6. The van der Waals surface area contributed by atoms with Gasteiger partial charge in [-0.25, -0.2) is 9.78 Å². The average Bonchev–Trinajstić information content (AvgIpc) is 3.39. The Hall–Kier alpha value is -3.77. The normalized spacial score (nSPS) is 21.0. The lowest BCUT2D eigenvalue weighted by Crippen LogP contribution is -2.61. The molecular formula is C30H46N6O7. The maximum atomic E-state index is 14.0. The van der Waals surface area contributed by atoms with Crippen LogP contribution in [0.3, 0.4) is 0 Å². The number of hydrogen-bond acceptors (Lipinski definition) is 8. The summed E-state index contributed by atoms with van der Waals surface area (Å²) in [5.41, 5.74) is -1.46. The summed E-state index contributed by atoms with van der Waals surface area (Å²) < 4.78 is 5.43. The van der Waals surface area contributed by atoms with Gasteiger partial charge in [-0.15, -0.1) is 0 Å². The van der Waals surface area contributed by atoms with Gasteiger partial charge < -0.3 is 30.3 Å². The van der Waals surface area contributed by atoms with E-state index in [0.29, 0.717) is 0 Å². The van der Waals surface area contributed by atoms with Crippen LogP contribution in [0.15, 0.2) is 18.6 Å². The fourth-order valence-electron chi connectivity index (χ4n) is 5.64. The highest BCUT2D eigenvalue weighted by atomic mass is 16.6. The second-order valence-corrected chi connectivity index (χ2v) is 13.6. The van der Waals surface area contributed by atoms with E-state index in [1.165, 1.54) is 35.4 Å². The number of likely N-dealkylation sites (N-methyl/N-ethyl adjacent to an activating group) is 1. The van der Waals surface area contributed by atoms with Crippen molar-refractivity contribution in [3.63, 3.8) is 0 Å². The SMILES string of the molecule is CN(C(=O)C(NC(=O)C(NC(=O)c1cnccn1)C1CCCCC1)C(C)(C)C)[C@H]1CN(C(=O)OC(C)(C)C)C[C@H]1C(=O)O. The molecule has 0 radical (unpaired) electrons. The summed E-state index contributed by atoms with van der Waals surface area (Å²) in [6, 6.07) is -2.79. The molecule has 1 aliphatic carbocycles. The molecule has 43 heavy (non-hydrogen) atoms. The van der Waals surface area contributed by atoms with Crippen molar-refractivity contribution in [3.05, 3.63) is 24.3 Å². The number of rotatable bonds is 8. The number of aliphatic carboxylic acids is 1. The lowest BCUT2D eigenvalue weighted by molar-refractivity contribution is -0.146. The van der Waals surface area contributed by atoms with E-state index >= 15 is 0 Å². The molecule has 2 heterocycles. The van der Waals surface area contributed by atoms with E-state index in [2.05, 4.69) is 20.6 Å². The van der Waals surface area contributed by atoms with Crippen LogP contribution in [0.1, 0.15) is 84.1 Å². The Morgan fingerprint density at radius 2 is 1.65 bits per heavy atom. The van der Waals surface area contributed by atoms with Crippen molar-refractivity contribution in [3.8, 4) is 0 Å². The second kappa shape index (κ2) is 13.7. The smallest absolute Gasteiger partial charge is 0.410 e. The topological polar surface area (TPSA) is 171 Å². The van der Waals surface area contributed by atoms with Gasteiger partial charge in [-0.2, -0.15) is 0 Å². The standard InChI is InChI=1S/C30H46N6O7/c1-29(2,3)23(26(39)35(7)21-17-36(16-19(21)27(40)41)28(42)43-30(4,5)6)34-25(38)22(18-11-9-8-10-12-18)33-24(37)20-15-31-13-14-32-20/h13-15,18-19,21-23H,8-12,16-17H2,1-7H3,(H,33,37)(H,34,38)(H,40,41)/t19-,21+,22?,23?/m1/s1. The van der Waals surface area contributed by atoms with E-state index in [1.54, 1.807) is 41.5 Å². The van der Waals surface area contributed by atoms with E-state index < -0.39 is 64.8 Å². The fraction of sp³-hybridized carbons (Fsp3) is 0.700. The highest BCUT2D eigenvalue weighted by Gasteiger charge is 2.47. The van der Waals surface area contributed by atoms with E-state index in [0.717, 1.165) is 32.1 Å². The molecule has 0 aromatic carbocycles. The van der Waals surface area contributed by atoms with Crippen LogP contribution < -0.4 is 10.6 Å². The molecule has 1 saturated heterocycles. The minimum Gasteiger partial charge on any atom is -0.481 e. The first-order chi connectivity index (χ1) is 20.0. The third-order valence-corrected chi connectivity index (χ3v) is 7.99. The predicted octanol–water partition coefficient (Wildman–Crippen LogP) is 2.46. The van der Waals surface area contributed by atoms with E-state index in [9.17, 15) is 29.1 Å². The lowest BCUT2D eigenvalue weighted by Gasteiger charge is -2.38. The molecule has 1 saturated carbocycles. The Kier molecular flexibility index (Phi) is 10.7. The van der Waals surface area contributed by atoms with Gasteiger partial charge >= 0.3 is 12.1 Å². The minimum atomic E-state index is -1.14. The van der Waals surface area contributed by atoms with Crippen LogP contribution >= 0.6 is 0 Å². The van der Waals surface area contributed by atoms with Crippen molar-refractivity contribution >= 4 is 29.8 Å². The summed E-state index contributed by atoms with van der Waals surface area (Å²) >= 11 is 0. The number of hydrogen-bond donors (Lipinski definition) is 3. The number of carboxylic acid groups (broad SMARTS) is 1. The predicted molar refractivity (Wildman–Crippen MR) is 157 cm³/mol. The van der Waals surface area contributed by atoms with Gasteiger partial charge in [0.1, 0.15) is 23.4 Å².